The van der Waals surface area contributed by atoms with E-state index < -0.39 is 0 Å². The largest absolute Gasteiger partial charge is 0.463 e. The van der Waals surface area contributed by atoms with Gasteiger partial charge >= 0.3 is 0 Å². The Balaban J connectivity index is 1.76. The van der Waals surface area contributed by atoms with E-state index in [0.29, 0.717) is 29.2 Å². The highest BCUT2D eigenvalue weighted by Crippen LogP contribution is 2.27. The number of aromatic nitrogens is 4. The molecule has 0 radical (unpaired) electrons. The number of carbonyl (C=O) groups is 1. The molecule has 26 heavy (non-hydrogen) atoms. The molecule has 4 rings (SSSR count). The average Bonchev–Trinajstić information content (AvgIpc) is 3.31. The first kappa shape index (κ1) is 15.8. The van der Waals surface area contributed by atoms with Crippen LogP contribution in [0.15, 0.2) is 53.3 Å². The summed E-state index contributed by atoms with van der Waals surface area (Å²) in [6, 6.07) is 10.9. The molecule has 0 atom stereocenters. The quantitative estimate of drug-likeness (QED) is 0.584. The van der Waals surface area contributed by atoms with Crippen LogP contribution in [0.5, 0.6) is 0 Å². The van der Waals surface area contributed by atoms with E-state index in [-0.39, 0.29) is 11.9 Å². The SMILES string of the molecule is CNC(=O)c1cccc(Cn2ncc3c(-c4ccco4)nc(N)nc32)c1. The second kappa shape index (κ2) is 6.32. The van der Waals surface area contributed by atoms with E-state index in [2.05, 4.69) is 20.4 Å². The molecule has 4 aromatic rings. The highest BCUT2D eigenvalue weighted by atomic mass is 16.3. The van der Waals surface area contributed by atoms with Crippen LogP contribution in [-0.4, -0.2) is 32.7 Å². The molecular formula is C18H16N6O2. The summed E-state index contributed by atoms with van der Waals surface area (Å²) in [5, 5.41) is 7.78. The van der Waals surface area contributed by atoms with Gasteiger partial charge in [0, 0.05) is 12.6 Å². The summed E-state index contributed by atoms with van der Waals surface area (Å²) in [7, 11) is 1.60. The van der Waals surface area contributed by atoms with Gasteiger partial charge in [-0.15, -0.1) is 0 Å². The second-order valence-corrected chi connectivity index (χ2v) is 5.73. The van der Waals surface area contributed by atoms with Crippen molar-refractivity contribution in [2.75, 3.05) is 12.8 Å². The number of anilines is 1. The third-order valence-corrected chi connectivity index (χ3v) is 4.02. The first-order valence-corrected chi connectivity index (χ1v) is 7.99. The highest BCUT2D eigenvalue weighted by molar-refractivity contribution is 5.94. The van der Waals surface area contributed by atoms with Crippen LogP contribution in [0, 0.1) is 0 Å². The average molecular weight is 348 g/mol. The van der Waals surface area contributed by atoms with Crippen molar-refractivity contribution >= 4 is 22.9 Å². The van der Waals surface area contributed by atoms with Crippen molar-refractivity contribution in [2.45, 2.75) is 6.54 Å². The van der Waals surface area contributed by atoms with Crippen molar-refractivity contribution in [2.24, 2.45) is 0 Å². The lowest BCUT2D eigenvalue weighted by molar-refractivity contribution is 0.0963. The molecule has 8 heteroatoms. The van der Waals surface area contributed by atoms with Gasteiger partial charge < -0.3 is 15.5 Å². The predicted octanol–water partition coefficient (Wildman–Crippen LogP) is 2.08. The van der Waals surface area contributed by atoms with Crippen LogP contribution in [0.1, 0.15) is 15.9 Å². The predicted molar refractivity (Wildman–Crippen MR) is 96.4 cm³/mol. The molecule has 0 aliphatic rings. The number of nitrogens with zero attached hydrogens (tertiary/aromatic N) is 4. The number of benzene rings is 1. The number of nitrogens with one attached hydrogen (secondary N) is 1. The molecule has 0 saturated heterocycles. The number of nitrogens with two attached hydrogens (primary N) is 1. The Bertz CT molecular complexity index is 1080. The minimum atomic E-state index is -0.135. The maximum absolute atomic E-state index is 11.8. The van der Waals surface area contributed by atoms with Crippen LogP contribution in [0.4, 0.5) is 5.95 Å². The van der Waals surface area contributed by atoms with E-state index in [9.17, 15) is 4.79 Å². The summed E-state index contributed by atoms with van der Waals surface area (Å²) in [6.07, 6.45) is 3.27. The van der Waals surface area contributed by atoms with Gasteiger partial charge in [0.15, 0.2) is 11.4 Å². The molecule has 3 N–H and O–H groups in total. The standard InChI is InChI=1S/C18H16N6O2/c1-20-17(25)12-5-2-4-11(8-12)10-24-16-13(9-21-24)15(22-18(19)23-16)14-6-3-7-26-14/h2-9H,10H2,1H3,(H,20,25)(H2,19,22,23). The molecule has 0 spiro atoms. The molecule has 0 saturated carbocycles. The maximum Gasteiger partial charge on any atom is 0.251 e. The summed E-state index contributed by atoms with van der Waals surface area (Å²) in [5.74, 6) is 0.610. The van der Waals surface area contributed by atoms with Crippen molar-refractivity contribution in [3.05, 3.63) is 60.0 Å². The number of carbonyl (C=O) groups excluding carboxylic acids is 1. The molecule has 1 aromatic carbocycles. The fourth-order valence-corrected chi connectivity index (χ4v) is 2.82. The van der Waals surface area contributed by atoms with Gasteiger partial charge in [0.2, 0.25) is 5.95 Å². The first-order valence-electron chi connectivity index (χ1n) is 7.99. The number of hydrogen-bond acceptors (Lipinski definition) is 6. The van der Waals surface area contributed by atoms with Gasteiger partial charge in [0.1, 0.15) is 5.69 Å². The third kappa shape index (κ3) is 2.77. The number of fused-ring (bicyclic) bond motifs is 1. The van der Waals surface area contributed by atoms with Crippen molar-refractivity contribution < 1.29 is 9.21 Å². The Morgan fingerprint density at radius 3 is 2.92 bits per heavy atom. The molecule has 8 nitrogen and oxygen atoms in total. The molecule has 3 heterocycles. The maximum atomic E-state index is 11.8. The summed E-state index contributed by atoms with van der Waals surface area (Å²) in [6.45, 7) is 0.447. The van der Waals surface area contributed by atoms with Gasteiger partial charge in [-0.2, -0.15) is 10.1 Å². The number of nitrogen functional groups attached to an aromatic ring is 1. The molecular weight excluding hydrogens is 332 g/mol. The van der Waals surface area contributed by atoms with Gasteiger partial charge in [-0.1, -0.05) is 12.1 Å². The van der Waals surface area contributed by atoms with Crippen LogP contribution >= 0.6 is 0 Å². The van der Waals surface area contributed by atoms with E-state index >= 15 is 0 Å². The number of furan rings is 1. The van der Waals surface area contributed by atoms with E-state index in [1.165, 1.54) is 0 Å². The smallest absolute Gasteiger partial charge is 0.251 e. The number of hydrogen-bond donors (Lipinski definition) is 2. The van der Waals surface area contributed by atoms with Crippen molar-refractivity contribution in [1.29, 1.82) is 0 Å². The zero-order valence-corrected chi connectivity index (χ0v) is 14.0. The van der Waals surface area contributed by atoms with Crippen LogP contribution in [-0.2, 0) is 6.54 Å². The molecule has 0 aliphatic heterocycles. The zero-order chi connectivity index (χ0) is 18.1. The van der Waals surface area contributed by atoms with Crippen molar-refractivity contribution in [3.63, 3.8) is 0 Å². The summed E-state index contributed by atoms with van der Waals surface area (Å²) in [5.41, 5.74) is 8.60. The highest BCUT2D eigenvalue weighted by Gasteiger charge is 2.15. The van der Waals surface area contributed by atoms with Gasteiger partial charge in [-0.05, 0) is 29.8 Å². The molecule has 0 bridgehead atoms. The summed E-state index contributed by atoms with van der Waals surface area (Å²) < 4.78 is 7.16. The van der Waals surface area contributed by atoms with E-state index in [1.54, 1.807) is 36.3 Å². The molecule has 0 aliphatic carbocycles. The van der Waals surface area contributed by atoms with Crippen LogP contribution in [0.2, 0.25) is 0 Å². The molecule has 130 valence electrons. The van der Waals surface area contributed by atoms with Gasteiger partial charge in [0.25, 0.3) is 5.91 Å². The van der Waals surface area contributed by atoms with E-state index in [1.807, 2.05) is 24.3 Å². The minimum absolute atomic E-state index is 0.135. The lowest BCUT2D eigenvalue weighted by atomic mass is 10.1. The monoisotopic (exact) mass is 348 g/mol. The first-order chi connectivity index (χ1) is 12.7. The van der Waals surface area contributed by atoms with Gasteiger partial charge in [-0.3, -0.25) is 4.79 Å². The van der Waals surface area contributed by atoms with Crippen molar-refractivity contribution in [1.82, 2.24) is 25.1 Å². The normalized spacial score (nSPS) is 11.0. The minimum Gasteiger partial charge on any atom is -0.463 e. The van der Waals surface area contributed by atoms with Crippen LogP contribution < -0.4 is 11.1 Å². The Hall–Kier alpha value is -3.68. The topological polar surface area (TPSA) is 112 Å². The Morgan fingerprint density at radius 2 is 2.15 bits per heavy atom. The van der Waals surface area contributed by atoms with E-state index in [0.717, 1.165) is 10.9 Å². The lowest BCUT2D eigenvalue weighted by Crippen LogP contribution is -2.18. The lowest BCUT2D eigenvalue weighted by Gasteiger charge is -2.07. The van der Waals surface area contributed by atoms with E-state index in [4.69, 9.17) is 10.2 Å². The number of amides is 1. The molecule has 0 unspecified atom stereocenters. The molecule has 1 amide bonds. The summed E-state index contributed by atoms with van der Waals surface area (Å²) in [4.78, 5) is 20.4. The van der Waals surface area contributed by atoms with Crippen LogP contribution in [0.3, 0.4) is 0 Å². The number of rotatable bonds is 4. The molecule has 3 aromatic heterocycles. The Kier molecular flexibility index (Phi) is 3.85. The van der Waals surface area contributed by atoms with Gasteiger partial charge in [0.05, 0.1) is 24.4 Å². The Morgan fingerprint density at radius 1 is 1.27 bits per heavy atom. The van der Waals surface area contributed by atoms with Gasteiger partial charge in [-0.25, -0.2) is 9.67 Å². The summed E-state index contributed by atoms with van der Waals surface area (Å²) >= 11 is 0. The van der Waals surface area contributed by atoms with Crippen molar-refractivity contribution in [3.8, 4) is 11.5 Å². The Labute approximate surface area is 148 Å². The fraction of sp³-hybridized carbons (Fsp3) is 0.111. The zero-order valence-electron chi connectivity index (χ0n) is 14.0. The second-order valence-electron chi connectivity index (χ2n) is 5.73. The third-order valence-electron chi connectivity index (χ3n) is 4.02. The van der Waals surface area contributed by atoms with Crippen LogP contribution in [0.25, 0.3) is 22.5 Å². The molecule has 0 fully saturated rings. The fourth-order valence-electron chi connectivity index (χ4n) is 2.82.